The second-order valence-corrected chi connectivity index (χ2v) is 10.2. The van der Waals surface area contributed by atoms with Crippen molar-refractivity contribution in [1.82, 2.24) is 15.1 Å². The number of aliphatic hydroxyl groups is 1. The summed E-state index contributed by atoms with van der Waals surface area (Å²) in [6.07, 6.45) is 0.792. The van der Waals surface area contributed by atoms with E-state index in [2.05, 4.69) is 34.3 Å². The molecular weight excluding hydrogens is 529 g/mol. The SMILES string of the molecule is COc1cc2c(cc1OCCCN(CCO)CC(C)C)NCN(c1cccc(F)c1)C2=Nc1cc(CC(N)=O)[nH]n1. The third kappa shape index (κ3) is 7.95. The Kier molecular flexibility index (Phi) is 10.1. The summed E-state index contributed by atoms with van der Waals surface area (Å²) in [6, 6.07) is 11.6. The Morgan fingerprint density at radius 2 is 2.07 bits per heavy atom. The van der Waals surface area contributed by atoms with Gasteiger partial charge in [0.25, 0.3) is 0 Å². The summed E-state index contributed by atoms with van der Waals surface area (Å²) in [7, 11) is 1.57. The Morgan fingerprint density at radius 3 is 2.78 bits per heavy atom. The second-order valence-electron chi connectivity index (χ2n) is 10.2. The van der Waals surface area contributed by atoms with Gasteiger partial charge in [-0.25, -0.2) is 9.38 Å². The maximum Gasteiger partial charge on any atom is 0.223 e. The lowest BCUT2D eigenvalue weighted by molar-refractivity contribution is -0.117. The summed E-state index contributed by atoms with van der Waals surface area (Å²) >= 11 is 0. The third-order valence-electron chi connectivity index (χ3n) is 6.47. The zero-order valence-corrected chi connectivity index (χ0v) is 23.7. The Balaban J connectivity index is 1.61. The van der Waals surface area contributed by atoms with Crippen molar-refractivity contribution >= 4 is 28.9 Å². The summed E-state index contributed by atoms with van der Waals surface area (Å²) in [5.41, 5.74) is 7.92. The molecule has 4 rings (SSSR count). The van der Waals surface area contributed by atoms with Gasteiger partial charge in [0.2, 0.25) is 5.91 Å². The van der Waals surface area contributed by atoms with Gasteiger partial charge in [0, 0.05) is 48.7 Å². The number of nitrogens with two attached hydrogens (primary N) is 1. The number of amidine groups is 1. The predicted molar refractivity (Wildman–Crippen MR) is 157 cm³/mol. The number of aliphatic imine (C=N–C) groups is 1. The number of aliphatic hydroxyl groups excluding tert-OH is 1. The van der Waals surface area contributed by atoms with Crippen molar-refractivity contribution in [3.8, 4) is 11.5 Å². The van der Waals surface area contributed by atoms with E-state index < -0.39 is 5.91 Å². The van der Waals surface area contributed by atoms with Crippen molar-refractivity contribution in [3.63, 3.8) is 0 Å². The fraction of sp³-hybridized carbons (Fsp3) is 0.414. The molecule has 0 unspecified atom stereocenters. The van der Waals surface area contributed by atoms with Crippen molar-refractivity contribution < 1.29 is 23.8 Å². The minimum Gasteiger partial charge on any atom is -0.493 e. The first-order valence-electron chi connectivity index (χ1n) is 13.6. The molecule has 0 spiro atoms. The van der Waals surface area contributed by atoms with Crippen molar-refractivity contribution in [2.75, 3.05) is 56.8 Å². The Hall–Kier alpha value is -4.16. The number of methoxy groups -OCH3 is 1. The van der Waals surface area contributed by atoms with Gasteiger partial charge in [0.1, 0.15) is 11.7 Å². The molecular formula is C29H38FN7O4. The molecule has 11 nitrogen and oxygen atoms in total. The number of aromatic amines is 1. The average Bonchev–Trinajstić information content (AvgIpc) is 3.36. The molecule has 3 aromatic rings. The van der Waals surface area contributed by atoms with E-state index in [1.165, 1.54) is 12.1 Å². The molecule has 0 atom stereocenters. The molecule has 0 fully saturated rings. The molecule has 1 aliphatic rings. The minimum atomic E-state index is -0.486. The van der Waals surface area contributed by atoms with Crippen molar-refractivity contribution in [2.24, 2.45) is 16.6 Å². The fourth-order valence-corrected chi connectivity index (χ4v) is 4.74. The molecule has 1 aliphatic heterocycles. The smallest absolute Gasteiger partial charge is 0.223 e. The van der Waals surface area contributed by atoms with Gasteiger partial charge in [-0.2, -0.15) is 5.10 Å². The fourth-order valence-electron chi connectivity index (χ4n) is 4.74. The van der Waals surface area contributed by atoms with Gasteiger partial charge in [-0.15, -0.1) is 0 Å². The van der Waals surface area contributed by atoms with Gasteiger partial charge >= 0.3 is 0 Å². The summed E-state index contributed by atoms with van der Waals surface area (Å²) in [6.45, 7) is 7.58. The molecule has 12 heteroatoms. The van der Waals surface area contributed by atoms with Crippen LogP contribution in [-0.4, -0.2) is 78.6 Å². The molecule has 0 aliphatic carbocycles. The van der Waals surface area contributed by atoms with Gasteiger partial charge in [-0.05, 0) is 36.6 Å². The van der Waals surface area contributed by atoms with Crippen molar-refractivity contribution in [1.29, 1.82) is 0 Å². The van der Waals surface area contributed by atoms with Crippen LogP contribution in [0, 0.1) is 11.7 Å². The van der Waals surface area contributed by atoms with Gasteiger partial charge in [0.05, 0.1) is 39.1 Å². The first-order chi connectivity index (χ1) is 19.8. The molecule has 0 radical (unpaired) electrons. The number of nitrogens with zero attached hydrogens (tertiary/aromatic N) is 4. The highest BCUT2D eigenvalue weighted by atomic mass is 19.1. The number of ether oxygens (including phenoxy) is 2. The first-order valence-corrected chi connectivity index (χ1v) is 13.6. The van der Waals surface area contributed by atoms with E-state index in [0.29, 0.717) is 65.8 Å². The van der Waals surface area contributed by atoms with Crippen LogP contribution < -0.4 is 25.4 Å². The van der Waals surface area contributed by atoms with Crippen LogP contribution in [0.3, 0.4) is 0 Å². The maximum absolute atomic E-state index is 14.2. The predicted octanol–water partition coefficient (Wildman–Crippen LogP) is 3.27. The maximum atomic E-state index is 14.2. The van der Waals surface area contributed by atoms with Gasteiger partial charge in [0.15, 0.2) is 17.3 Å². The number of halogens is 1. The second kappa shape index (κ2) is 14.0. The number of amides is 1. The van der Waals surface area contributed by atoms with E-state index in [-0.39, 0.29) is 18.8 Å². The van der Waals surface area contributed by atoms with E-state index in [1.54, 1.807) is 25.3 Å². The van der Waals surface area contributed by atoms with E-state index in [1.807, 2.05) is 17.0 Å². The zero-order valence-electron chi connectivity index (χ0n) is 23.7. The number of hydrogen-bond acceptors (Lipinski definition) is 8. The normalized spacial score (nSPS) is 13.9. The molecule has 0 saturated carbocycles. The van der Waals surface area contributed by atoms with Crippen molar-refractivity contribution in [3.05, 3.63) is 59.5 Å². The lowest BCUT2D eigenvalue weighted by Crippen LogP contribution is -2.40. The van der Waals surface area contributed by atoms with Gasteiger partial charge in [-0.3, -0.25) is 9.89 Å². The number of benzene rings is 2. The number of nitrogens with one attached hydrogen (secondary N) is 2. The van der Waals surface area contributed by atoms with Gasteiger partial charge < -0.3 is 35.4 Å². The molecule has 0 bridgehead atoms. The van der Waals surface area contributed by atoms with Crippen molar-refractivity contribution in [2.45, 2.75) is 26.7 Å². The molecule has 2 heterocycles. The van der Waals surface area contributed by atoms with Crippen LogP contribution in [0.2, 0.25) is 0 Å². The minimum absolute atomic E-state index is 0.00730. The zero-order chi connectivity index (χ0) is 29.4. The van der Waals surface area contributed by atoms with Crippen LogP contribution >= 0.6 is 0 Å². The summed E-state index contributed by atoms with van der Waals surface area (Å²) < 4.78 is 26.0. The Bertz CT molecular complexity index is 1360. The summed E-state index contributed by atoms with van der Waals surface area (Å²) in [5.74, 6) is 1.61. The molecule has 5 N–H and O–H groups in total. The molecule has 41 heavy (non-hydrogen) atoms. The number of primary amides is 1. The topological polar surface area (TPSA) is 141 Å². The quantitative estimate of drug-likeness (QED) is 0.218. The molecule has 1 aromatic heterocycles. The monoisotopic (exact) mass is 567 g/mol. The highest BCUT2D eigenvalue weighted by molar-refractivity contribution is 6.16. The van der Waals surface area contributed by atoms with Crippen LogP contribution in [0.1, 0.15) is 31.5 Å². The molecule has 220 valence electrons. The largest absolute Gasteiger partial charge is 0.493 e. The average molecular weight is 568 g/mol. The molecule has 2 aromatic carbocycles. The first kappa shape index (κ1) is 29.8. The van der Waals surface area contributed by atoms with Crippen LogP contribution in [0.25, 0.3) is 0 Å². The Morgan fingerprint density at radius 1 is 1.24 bits per heavy atom. The number of anilines is 2. The van der Waals surface area contributed by atoms with E-state index >= 15 is 0 Å². The molecule has 1 amide bonds. The lowest BCUT2D eigenvalue weighted by atomic mass is 10.1. The van der Waals surface area contributed by atoms with Crippen LogP contribution in [-0.2, 0) is 11.2 Å². The van der Waals surface area contributed by atoms with Crippen LogP contribution in [0.4, 0.5) is 21.6 Å². The van der Waals surface area contributed by atoms with E-state index in [4.69, 9.17) is 20.2 Å². The number of rotatable bonds is 14. The third-order valence-corrected chi connectivity index (χ3v) is 6.47. The van der Waals surface area contributed by atoms with E-state index in [0.717, 1.165) is 25.2 Å². The highest BCUT2D eigenvalue weighted by Crippen LogP contribution is 2.38. The van der Waals surface area contributed by atoms with Gasteiger partial charge in [-0.1, -0.05) is 19.9 Å². The number of carbonyl (C=O) groups excluding carboxylic acids is 1. The van der Waals surface area contributed by atoms with Crippen LogP contribution in [0.5, 0.6) is 11.5 Å². The highest BCUT2D eigenvalue weighted by Gasteiger charge is 2.27. The summed E-state index contributed by atoms with van der Waals surface area (Å²) in [5, 5.41) is 19.8. The number of carbonyl (C=O) groups is 1. The number of fused-ring (bicyclic) bond motifs is 1. The summed E-state index contributed by atoms with van der Waals surface area (Å²) in [4.78, 5) is 20.2. The standard InChI is InChI=1S/C29H38FN7O4/c1-19(2)17-36(9-10-38)8-5-11-41-26-16-24-23(15-25(26)40-3)29(33-28-14-21(34-35-28)13-27(31)39)37(18-32-24)22-7-4-6-20(30)12-22/h4,6-7,12,14-16,19,32,38H,5,8-11,13,17-18H2,1-3H3,(H2,31,39)(H,34,35). The van der Waals surface area contributed by atoms with E-state index in [9.17, 15) is 14.3 Å². The lowest BCUT2D eigenvalue weighted by Gasteiger charge is -2.33. The molecule has 0 saturated heterocycles. The van der Waals surface area contributed by atoms with Crippen LogP contribution in [0.15, 0.2) is 47.5 Å². The number of H-pyrrole nitrogens is 1. The number of hydrogen-bond donors (Lipinski definition) is 4. The Labute approximate surface area is 239 Å². The number of aromatic nitrogens is 2.